The second-order valence-corrected chi connectivity index (χ2v) is 5.75. The standard InChI is InChI=1S/C15H21N3O/c1-10(19)13-3-2-12(8-14(13)16)17-15-9-18-6-4-11(15)5-7-18/h2-3,8,11,15,17H,4-7,9,16H2,1H3. The third-order valence-corrected chi connectivity index (χ3v) is 4.44. The number of fused-ring (bicyclic) bond motifs is 3. The maximum atomic E-state index is 11.4. The number of piperidine rings is 3. The van der Waals surface area contributed by atoms with Gasteiger partial charge in [-0.15, -0.1) is 0 Å². The highest BCUT2D eigenvalue weighted by atomic mass is 16.1. The normalized spacial score (nSPS) is 29.2. The van der Waals surface area contributed by atoms with E-state index in [2.05, 4.69) is 10.2 Å². The van der Waals surface area contributed by atoms with E-state index in [1.54, 1.807) is 6.92 Å². The van der Waals surface area contributed by atoms with Crippen molar-refractivity contribution >= 4 is 17.2 Å². The van der Waals surface area contributed by atoms with Gasteiger partial charge in [0.05, 0.1) is 0 Å². The highest BCUT2D eigenvalue weighted by molar-refractivity contribution is 5.99. The van der Waals surface area contributed by atoms with Crippen molar-refractivity contribution in [2.75, 3.05) is 30.7 Å². The van der Waals surface area contributed by atoms with Gasteiger partial charge in [-0.3, -0.25) is 4.79 Å². The van der Waals surface area contributed by atoms with Crippen LogP contribution in [0.4, 0.5) is 11.4 Å². The molecule has 3 heterocycles. The van der Waals surface area contributed by atoms with E-state index < -0.39 is 0 Å². The summed E-state index contributed by atoms with van der Waals surface area (Å²) in [5, 5.41) is 3.59. The Kier molecular flexibility index (Phi) is 3.19. The van der Waals surface area contributed by atoms with Crippen molar-refractivity contribution in [3.8, 4) is 0 Å². The zero-order valence-corrected chi connectivity index (χ0v) is 11.4. The van der Waals surface area contributed by atoms with Crippen LogP contribution in [-0.4, -0.2) is 36.4 Å². The average molecular weight is 259 g/mol. The Morgan fingerprint density at radius 2 is 2.11 bits per heavy atom. The van der Waals surface area contributed by atoms with Crippen molar-refractivity contribution in [3.05, 3.63) is 23.8 Å². The molecule has 0 spiro atoms. The lowest BCUT2D eigenvalue weighted by Gasteiger charge is -2.45. The third-order valence-electron chi connectivity index (χ3n) is 4.44. The number of nitrogens with zero attached hydrogens (tertiary/aromatic N) is 1. The molecule has 19 heavy (non-hydrogen) atoms. The number of nitrogens with two attached hydrogens (primary N) is 1. The molecule has 0 aromatic heterocycles. The largest absolute Gasteiger partial charge is 0.398 e. The summed E-state index contributed by atoms with van der Waals surface area (Å²) >= 11 is 0. The van der Waals surface area contributed by atoms with Crippen LogP contribution in [0.3, 0.4) is 0 Å². The Bertz CT molecular complexity index is 492. The molecule has 1 atom stereocenters. The summed E-state index contributed by atoms with van der Waals surface area (Å²) in [6.45, 7) is 5.16. The topological polar surface area (TPSA) is 58.4 Å². The smallest absolute Gasteiger partial charge is 0.161 e. The molecule has 3 aliphatic heterocycles. The summed E-state index contributed by atoms with van der Waals surface area (Å²) < 4.78 is 0. The fourth-order valence-corrected chi connectivity index (χ4v) is 3.32. The number of rotatable bonds is 3. The number of nitrogen functional groups attached to an aromatic ring is 1. The second-order valence-electron chi connectivity index (χ2n) is 5.75. The molecule has 3 fully saturated rings. The van der Waals surface area contributed by atoms with Gasteiger partial charge in [-0.05, 0) is 57.0 Å². The van der Waals surface area contributed by atoms with E-state index in [0.29, 0.717) is 17.3 Å². The zero-order valence-electron chi connectivity index (χ0n) is 11.4. The van der Waals surface area contributed by atoms with E-state index in [-0.39, 0.29) is 5.78 Å². The van der Waals surface area contributed by atoms with Crippen LogP contribution in [0.1, 0.15) is 30.1 Å². The first-order valence-electron chi connectivity index (χ1n) is 7.03. The summed E-state index contributed by atoms with van der Waals surface area (Å²) in [5.74, 6) is 0.797. The molecule has 3 saturated heterocycles. The maximum absolute atomic E-state index is 11.4. The quantitative estimate of drug-likeness (QED) is 0.643. The molecule has 0 amide bonds. The minimum absolute atomic E-state index is 0.0203. The molecule has 4 rings (SSSR count). The molecule has 102 valence electrons. The van der Waals surface area contributed by atoms with Crippen LogP contribution in [-0.2, 0) is 0 Å². The molecule has 1 aromatic rings. The predicted octanol–water partition coefficient (Wildman–Crippen LogP) is 1.98. The first kappa shape index (κ1) is 12.5. The van der Waals surface area contributed by atoms with E-state index in [9.17, 15) is 4.79 Å². The Hall–Kier alpha value is -1.55. The number of hydrogen-bond acceptors (Lipinski definition) is 4. The van der Waals surface area contributed by atoms with Gasteiger partial charge in [0.2, 0.25) is 0 Å². The maximum Gasteiger partial charge on any atom is 0.161 e. The number of carbonyl (C=O) groups excluding carboxylic acids is 1. The average Bonchev–Trinajstić information content (AvgIpc) is 2.39. The number of nitrogens with one attached hydrogen (secondary N) is 1. The van der Waals surface area contributed by atoms with Crippen LogP contribution in [0.5, 0.6) is 0 Å². The fourth-order valence-electron chi connectivity index (χ4n) is 3.32. The molecule has 4 heteroatoms. The molecule has 2 bridgehead atoms. The van der Waals surface area contributed by atoms with E-state index in [4.69, 9.17) is 5.73 Å². The van der Waals surface area contributed by atoms with Gasteiger partial charge in [0.15, 0.2) is 5.78 Å². The number of ketones is 1. The fraction of sp³-hybridized carbons (Fsp3) is 0.533. The first-order chi connectivity index (χ1) is 9.13. The lowest BCUT2D eigenvalue weighted by Crippen LogP contribution is -2.53. The predicted molar refractivity (Wildman–Crippen MR) is 77.4 cm³/mol. The van der Waals surface area contributed by atoms with Gasteiger partial charge in [-0.2, -0.15) is 0 Å². The van der Waals surface area contributed by atoms with Crippen LogP contribution in [0.25, 0.3) is 0 Å². The van der Waals surface area contributed by atoms with Gasteiger partial charge in [0.1, 0.15) is 0 Å². The van der Waals surface area contributed by atoms with E-state index in [1.165, 1.54) is 25.9 Å². The Labute approximate surface area is 114 Å². The molecular weight excluding hydrogens is 238 g/mol. The van der Waals surface area contributed by atoms with E-state index in [1.807, 2.05) is 18.2 Å². The van der Waals surface area contributed by atoms with Crippen molar-refractivity contribution < 1.29 is 4.79 Å². The minimum atomic E-state index is 0.0203. The van der Waals surface area contributed by atoms with Gasteiger partial charge < -0.3 is 16.0 Å². The van der Waals surface area contributed by atoms with Crippen molar-refractivity contribution in [1.82, 2.24) is 4.90 Å². The number of anilines is 2. The first-order valence-corrected chi connectivity index (χ1v) is 7.03. The van der Waals surface area contributed by atoms with Crippen LogP contribution >= 0.6 is 0 Å². The summed E-state index contributed by atoms with van der Waals surface area (Å²) in [6, 6.07) is 6.19. The number of Topliss-reactive ketones (excluding diaryl/α,β-unsaturated/α-hetero) is 1. The van der Waals surface area contributed by atoms with Crippen molar-refractivity contribution in [2.45, 2.75) is 25.8 Å². The van der Waals surface area contributed by atoms with Gasteiger partial charge in [0, 0.05) is 29.5 Å². The molecule has 0 aliphatic carbocycles. The Morgan fingerprint density at radius 1 is 1.37 bits per heavy atom. The molecule has 1 aromatic carbocycles. The molecular formula is C15H21N3O. The van der Waals surface area contributed by atoms with Gasteiger partial charge >= 0.3 is 0 Å². The highest BCUT2D eigenvalue weighted by Crippen LogP contribution is 2.30. The van der Waals surface area contributed by atoms with Crippen LogP contribution in [0.15, 0.2) is 18.2 Å². The number of benzene rings is 1. The van der Waals surface area contributed by atoms with Gasteiger partial charge in [-0.1, -0.05) is 0 Å². The van der Waals surface area contributed by atoms with Crippen molar-refractivity contribution in [1.29, 1.82) is 0 Å². The summed E-state index contributed by atoms with van der Waals surface area (Å²) in [5.41, 5.74) is 8.14. The van der Waals surface area contributed by atoms with Crippen LogP contribution in [0.2, 0.25) is 0 Å². The van der Waals surface area contributed by atoms with Crippen molar-refractivity contribution in [2.24, 2.45) is 5.92 Å². The third kappa shape index (κ3) is 2.45. The SMILES string of the molecule is CC(=O)c1ccc(NC2CN3CCC2CC3)cc1N. The Morgan fingerprint density at radius 3 is 2.63 bits per heavy atom. The molecule has 3 aliphatic rings. The highest BCUT2D eigenvalue weighted by Gasteiger charge is 2.33. The summed E-state index contributed by atoms with van der Waals surface area (Å²) in [6.07, 6.45) is 2.58. The summed E-state index contributed by atoms with van der Waals surface area (Å²) in [4.78, 5) is 13.9. The minimum Gasteiger partial charge on any atom is -0.398 e. The zero-order chi connectivity index (χ0) is 13.4. The molecule has 0 radical (unpaired) electrons. The summed E-state index contributed by atoms with van der Waals surface area (Å²) in [7, 11) is 0. The van der Waals surface area contributed by atoms with Gasteiger partial charge in [-0.25, -0.2) is 0 Å². The Balaban J connectivity index is 1.73. The van der Waals surface area contributed by atoms with E-state index in [0.717, 1.165) is 18.2 Å². The van der Waals surface area contributed by atoms with Crippen LogP contribution < -0.4 is 11.1 Å². The second kappa shape index (κ2) is 4.85. The molecule has 4 nitrogen and oxygen atoms in total. The molecule has 3 N–H and O–H groups in total. The molecule has 0 saturated carbocycles. The van der Waals surface area contributed by atoms with Gasteiger partial charge in [0.25, 0.3) is 0 Å². The van der Waals surface area contributed by atoms with Crippen molar-refractivity contribution in [3.63, 3.8) is 0 Å². The molecule has 1 unspecified atom stereocenters. The lowest BCUT2D eigenvalue weighted by molar-refractivity contribution is 0.0975. The number of hydrogen-bond donors (Lipinski definition) is 2. The van der Waals surface area contributed by atoms with E-state index >= 15 is 0 Å². The lowest BCUT2D eigenvalue weighted by atomic mass is 9.84. The monoisotopic (exact) mass is 259 g/mol. The number of carbonyl (C=O) groups is 1. The van der Waals surface area contributed by atoms with Crippen LogP contribution in [0, 0.1) is 5.92 Å².